The number of carbonyl (C=O) groups is 1. The summed E-state index contributed by atoms with van der Waals surface area (Å²) in [4.78, 5) is 10.8. The van der Waals surface area contributed by atoms with Crippen LogP contribution in [0.2, 0.25) is 0 Å². The summed E-state index contributed by atoms with van der Waals surface area (Å²) in [5, 5.41) is 8.86. The van der Waals surface area contributed by atoms with Gasteiger partial charge in [0, 0.05) is 13.7 Å². The first kappa shape index (κ1) is 18.6. The van der Waals surface area contributed by atoms with Gasteiger partial charge < -0.3 is 9.84 Å². The molecular formula is C15H23NO5S. The molecule has 0 aliphatic rings. The number of sulfonamides is 1. The van der Waals surface area contributed by atoms with Gasteiger partial charge in [0.25, 0.3) is 0 Å². The Labute approximate surface area is 131 Å². The summed E-state index contributed by atoms with van der Waals surface area (Å²) in [5.41, 5.74) is 0.977. The first-order valence-electron chi connectivity index (χ1n) is 7.15. The lowest BCUT2D eigenvalue weighted by Crippen LogP contribution is -2.41. The average Bonchev–Trinajstić information content (AvgIpc) is 2.46. The molecule has 6 nitrogen and oxygen atoms in total. The van der Waals surface area contributed by atoms with Crippen LogP contribution < -0.4 is 0 Å². The molecule has 1 rings (SSSR count). The van der Waals surface area contributed by atoms with Crippen LogP contribution in [0.15, 0.2) is 30.3 Å². The van der Waals surface area contributed by atoms with Gasteiger partial charge in [0.2, 0.25) is 10.0 Å². The van der Waals surface area contributed by atoms with Crippen molar-refractivity contribution in [2.75, 3.05) is 26.0 Å². The molecule has 0 saturated heterocycles. The Morgan fingerprint density at radius 1 is 1.32 bits per heavy atom. The molecule has 0 heterocycles. The second-order valence-corrected chi connectivity index (χ2v) is 7.07. The summed E-state index contributed by atoms with van der Waals surface area (Å²) in [7, 11) is -2.22. The van der Waals surface area contributed by atoms with Crippen LogP contribution in [0.3, 0.4) is 0 Å². The molecule has 0 aliphatic heterocycles. The van der Waals surface area contributed by atoms with E-state index in [9.17, 15) is 13.2 Å². The zero-order valence-electron chi connectivity index (χ0n) is 12.9. The van der Waals surface area contributed by atoms with E-state index in [4.69, 9.17) is 9.84 Å². The molecule has 1 aromatic rings. The highest BCUT2D eigenvalue weighted by molar-refractivity contribution is 7.89. The number of nitrogens with zero attached hydrogens (tertiary/aromatic N) is 1. The molecular weight excluding hydrogens is 306 g/mol. The fraction of sp³-hybridized carbons (Fsp3) is 0.533. The topological polar surface area (TPSA) is 83.9 Å². The van der Waals surface area contributed by atoms with Gasteiger partial charge in [-0.25, -0.2) is 8.42 Å². The maximum Gasteiger partial charge on any atom is 0.318 e. The van der Waals surface area contributed by atoms with Crippen molar-refractivity contribution in [2.24, 2.45) is 0 Å². The number of carboxylic acids is 1. The van der Waals surface area contributed by atoms with Gasteiger partial charge in [-0.1, -0.05) is 37.3 Å². The average molecular weight is 329 g/mol. The van der Waals surface area contributed by atoms with Crippen molar-refractivity contribution in [3.8, 4) is 0 Å². The zero-order chi connectivity index (χ0) is 16.6. The van der Waals surface area contributed by atoms with Crippen LogP contribution in [0.25, 0.3) is 0 Å². The molecule has 0 fully saturated rings. The van der Waals surface area contributed by atoms with E-state index in [0.29, 0.717) is 12.8 Å². The van der Waals surface area contributed by atoms with Crippen molar-refractivity contribution in [3.63, 3.8) is 0 Å². The van der Waals surface area contributed by atoms with E-state index >= 15 is 0 Å². The van der Waals surface area contributed by atoms with Gasteiger partial charge in [-0.15, -0.1) is 0 Å². The molecule has 0 saturated carbocycles. The van der Waals surface area contributed by atoms with Crippen LogP contribution in [0.5, 0.6) is 0 Å². The summed E-state index contributed by atoms with van der Waals surface area (Å²) >= 11 is 0. The molecule has 0 amide bonds. The van der Waals surface area contributed by atoms with E-state index in [2.05, 4.69) is 0 Å². The monoisotopic (exact) mass is 329 g/mol. The number of methoxy groups -OCH3 is 1. The van der Waals surface area contributed by atoms with Crippen LogP contribution in [0.1, 0.15) is 18.9 Å². The Morgan fingerprint density at radius 2 is 1.95 bits per heavy atom. The van der Waals surface area contributed by atoms with Crippen molar-refractivity contribution in [1.82, 2.24) is 4.31 Å². The molecule has 22 heavy (non-hydrogen) atoms. The van der Waals surface area contributed by atoms with E-state index in [1.807, 2.05) is 37.3 Å². The highest BCUT2D eigenvalue weighted by Gasteiger charge is 2.27. The molecule has 0 spiro atoms. The summed E-state index contributed by atoms with van der Waals surface area (Å²) in [5.74, 6) is -1.39. The van der Waals surface area contributed by atoms with Gasteiger partial charge in [-0.05, 0) is 18.4 Å². The van der Waals surface area contributed by atoms with Gasteiger partial charge >= 0.3 is 5.97 Å². The lowest BCUT2D eigenvalue weighted by molar-refractivity contribution is -0.137. The second-order valence-electron chi connectivity index (χ2n) is 5.05. The van der Waals surface area contributed by atoms with E-state index in [1.165, 1.54) is 7.11 Å². The summed E-state index contributed by atoms with van der Waals surface area (Å²) in [6.07, 6.45) is 0.507. The van der Waals surface area contributed by atoms with E-state index in [0.717, 1.165) is 9.87 Å². The van der Waals surface area contributed by atoms with Crippen molar-refractivity contribution in [2.45, 2.75) is 25.9 Å². The lowest BCUT2D eigenvalue weighted by atomic mass is 10.1. The number of carboxylic acid groups (broad SMARTS) is 1. The summed E-state index contributed by atoms with van der Waals surface area (Å²) < 4.78 is 31.1. The minimum Gasteiger partial charge on any atom is -0.480 e. The van der Waals surface area contributed by atoms with E-state index in [1.54, 1.807) is 0 Å². The van der Waals surface area contributed by atoms with Gasteiger partial charge in [-0.3, -0.25) is 4.79 Å². The number of rotatable bonds is 10. The standard InChI is InChI=1S/C15H23NO5S/c1-3-9-16(11-15(17)18)22(19,20)12-14(21-2)10-13-7-5-4-6-8-13/h4-8,14H,3,9-12H2,1-2H3,(H,17,18). The Kier molecular flexibility index (Phi) is 7.50. The van der Waals surface area contributed by atoms with Crippen molar-refractivity contribution >= 4 is 16.0 Å². The number of hydrogen-bond donors (Lipinski definition) is 1. The van der Waals surface area contributed by atoms with E-state index in [-0.39, 0.29) is 12.3 Å². The molecule has 0 radical (unpaired) electrons. The number of aliphatic carboxylic acids is 1. The Bertz CT molecular complexity index is 559. The third kappa shape index (κ3) is 6.13. The Hall–Kier alpha value is -1.44. The maximum absolute atomic E-state index is 12.4. The molecule has 1 unspecified atom stereocenters. The van der Waals surface area contributed by atoms with Crippen LogP contribution >= 0.6 is 0 Å². The van der Waals surface area contributed by atoms with Crippen LogP contribution in [-0.4, -0.2) is 55.9 Å². The predicted molar refractivity (Wildman–Crippen MR) is 84.2 cm³/mol. The molecule has 0 aromatic heterocycles. The minimum absolute atomic E-state index is 0.191. The van der Waals surface area contributed by atoms with Crippen molar-refractivity contribution in [3.05, 3.63) is 35.9 Å². The third-order valence-corrected chi connectivity index (χ3v) is 5.11. The van der Waals surface area contributed by atoms with Gasteiger partial charge in [0.15, 0.2) is 0 Å². The summed E-state index contributed by atoms with van der Waals surface area (Å²) in [6, 6.07) is 9.45. The Balaban J connectivity index is 2.79. The molecule has 7 heteroatoms. The third-order valence-electron chi connectivity index (χ3n) is 3.21. The SMILES string of the molecule is CCCN(CC(=O)O)S(=O)(=O)CC(Cc1ccccc1)OC. The van der Waals surface area contributed by atoms with Crippen LogP contribution in [-0.2, 0) is 26.0 Å². The molecule has 0 aliphatic carbocycles. The highest BCUT2D eigenvalue weighted by Crippen LogP contribution is 2.11. The summed E-state index contributed by atoms with van der Waals surface area (Å²) in [6.45, 7) is 1.48. The quantitative estimate of drug-likeness (QED) is 0.701. The number of hydrogen-bond acceptors (Lipinski definition) is 4. The van der Waals surface area contributed by atoms with Gasteiger partial charge in [0.05, 0.1) is 11.9 Å². The van der Waals surface area contributed by atoms with E-state index < -0.39 is 28.6 Å². The normalized spacial score (nSPS) is 13.2. The smallest absolute Gasteiger partial charge is 0.318 e. The van der Waals surface area contributed by atoms with Crippen molar-refractivity contribution < 1.29 is 23.1 Å². The number of ether oxygens (including phenoxy) is 1. The lowest BCUT2D eigenvalue weighted by Gasteiger charge is -2.23. The fourth-order valence-electron chi connectivity index (χ4n) is 2.14. The van der Waals surface area contributed by atoms with Gasteiger partial charge in [-0.2, -0.15) is 4.31 Å². The predicted octanol–water partition coefficient (Wildman–Crippen LogP) is 1.37. The largest absolute Gasteiger partial charge is 0.480 e. The molecule has 1 N–H and O–H groups in total. The minimum atomic E-state index is -3.68. The highest BCUT2D eigenvalue weighted by atomic mass is 32.2. The molecule has 124 valence electrons. The van der Waals surface area contributed by atoms with Crippen molar-refractivity contribution in [1.29, 1.82) is 0 Å². The Morgan fingerprint density at radius 3 is 2.45 bits per heavy atom. The first-order valence-corrected chi connectivity index (χ1v) is 8.76. The maximum atomic E-state index is 12.4. The zero-order valence-corrected chi connectivity index (χ0v) is 13.8. The first-order chi connectivity index (χ1) is 10.4. The molecule has 1 atom stereocenters. The molecule has 1 aromatic carbocycles. The van der Waals surface area contributed by atoms with Crippen LogP contribution in [0.4, 0.5) is 0 Å². The fourth-order valence-corrected chi connectivity index (χ4v) is 3.85. The van der Waals surface area contributed by atoms with Gasteiger partial charge in [0.1, 0.15) is 6.54 Å². The van der Waals surface area contributed by atoms with Crippen LogP contribution in [0, 0.1) is 0 Å². The second kappa shape index (κ2) is 8.87. The number of benzene rings is 1. The molecule has 0 bridgehead atoms.